The summed E-state index contributed by atoms with van der Waals surface area (Å²) in [5.41, 5.74) is 18.7. The summed E-state index contributed by atoms with van der Waals surface area (Å²) in [6.45, 7) is 16.2. The molecule has 0 aliphatic rings. The third kappa shape index (κ3) is 16.9. The van der Waals surface area contributed by atoms with Crippen LogP contribution in [0, 0.1) is 55.4 Å². The molecule has 432 valence electrons. The van der Waals surface area contributed by atoms with E-state index < -0.39 is 0 Å². The van der Waals surface area contributed by atoms with E-state index in [1.54, 1.807) is 62.2 Å². The number of aromatic nitrogens is 16. The van der Waals surface area contributed by atoms with E-state index in [0.717, 1.165) is 88.4 Å². The van der Waals surface area contributed by atoms with E-state index in [4.69, 9.17) is 0 Å². The van der Waals surface area contributed by atoms with Gasteiger partial charge in [0.05, 0.1) is 62.2 Å². The summed E-state index contributed by atoms with van der Waals surface area (Å²) in [5, 5.41) is 22.5. The highest BCUT2D eigenvalue weighted by Crippen LogP contribution is 2.18. The van der Waals surface area contributed by atoms with Gasteiger partial charge in [0, 0.05) is 87.6 Å². The molecule has 16 nitrogen and oxygen atoms in total. The van der Waals surface area contributed by atoms with Crippen LogP contribution in [0.2, 0.25) is 0 Å². The van der Waals surface area contributed by atoms with Crippen molar-refractivity contribution in [3.8, 4) is 0 Å². The maximum Gasteiger partial charge on any atom is 0.159 e. The Morgan fingerprint density at radius 1 is 0.284 bits per heavy atom. The molecule has 0 N–H and O–H groups in total. The van der Waals surface area contributed by atoms with Crippen LogP contribution in [0.5, 0.6) is 0 Å². The average molecular weight is 1150 g/mol. The largest absolute Gasteiger partial charge is 0.253 e. The van der Waals surface area contributed by atoms with Crippen molar-refractivity contribution in [1.82, 2.24) is 80.2 Å². The van der Waals surface area contributed by atoms with Gasteiger partial charge in [-0.3, -0.25) is 15.0 Å². The summed E-state index contributed by atoms with van der Waals surface area (Å²) >= 11 is 0. The van der Waals surface area contributed by atoms with E-state index in [1.165, 1.54) is 44.2 Å². The van der Waals surface area contributed by atoms with E-state index in [9.17, 15) is 0 Å². The number of nitrogens with zero attached hydrogens (tertiary/aromatic N) is 16. The fourth-order valence-corrected chi connectivity index (χ4v) is 8.98. The number of aryl methyl sites for hydroxylation is 8. The number of fused-ring (bicyclic) bond motifs is 8. The van der Waals surface area contributed by atoms with Gasteiger partial charge in [0.1, 0.15) is 12.7 Å². The first-order valence-electron chi connectivity index (χ1n) is 28.3. The van der Waals surface area contributed by atoms with Gasteiger partial charge >= 0.3 is 0 Å². The second kappa shape index (κ2) is 30.9. The maximum atomic E-state index is 4.31. The number of benzene rings is 6. The van der Waals surface area contributed by atoms with Gasteiger partial charge in [-0.25, -0.2) is 44.9 Å². The summed E-state index contributed by atoms with van der Waals surface area (Å²) in [7, 11) is 0. The summed E-state index contributed by atoms with van der Waals surface area (Å²) in [4.78, 5) is 49.8. The van der Waals surface area contributed by atoms with Crippen LogP contribution in [0.25, 0.3) is 87.7 Å². The zero-order valence-electron chi connectivity index (χ0n) is 50.2. The Morgan fingerprint density at radius 2 is 0.864 bits per heavy atom. The lowest BCUT2D eigenvalue weighted by molar-refractivity contribution is 1.06. The smallest absolute Gasteiger partial charge is 0.159 e. The summed E-state index contributed by atoms with van der Waals surface area (Å²) in [6, 6.07) is 55.9. The Bertz CT molecular complexity index is 4180. The molecule has 0 radical (unpaired) electrons. The Kier molecular flexibility index (Phi) is 21.4. The molecule has 10 heterocycles. The molecular formula is C72H64N16. The molecule has 0 aliphatic carbocycles. The highest BCUT2D eigenvalue weighted by atomic mass is 15.1. The standard InChI is InChI=1S/8C9H8N2/c1-7-4-6-11-9-8(7)3-2-5-10-9;1-7-5-8-3-2-4-10-9(8)11-6-7;1-7-3-2-4-9-8(7)5-10-6-11-9;1-7-3-2-4-9-8(7)5-6-10-11-9;1-7-3-2-4-8-9(7)11-6-5-10-8;1-7-8-4-2-3-5-9(8)11-6-10-7;1-7-6-10-8-4-2-3-5-9(8)11-7;1-7-6-10-11-9-5-3-2-4-8(7)9/h8*2-6H,1H3. The minimum absolute atomic E-state index is 0.818. The van der Waals surface area contributed by atoms with E-state index >= 15 is 0 Å². The van der Waals surface area contributed by atoms with Crippen molar-refractivity contribution in [1.29, 1.82) is 0 Å². The van der Waals surface area contributed by atoms with Crippen molar-refractivity contribution < 1.29 is 0 Å². The van der Waals surface area contributed by atoms with Gasteiger partial charge in [-0.1, -0.05) is 84.9 Å². The molecule has 6 aromatic carbocycles. The molecular weight excluding hydrogens is 1090 g/mol. The normalized spacial score (nSPS) is 10.3. The minimum atomic E-state index is 0.818. The van der Waals surface area contributed by atoms with Gasteiger partial charge in [-0.2, -0.15) is 20.4 Å². The third-order valence-corrected chi connectivity index (χ3v) is 13.6. The van der Waals surface area contributed by atoms with E-state index in [2.05, 4.69) is 125 Å². The van der Waals surface area contributed by atoms with Crippen LogP contribution < -0.4 is 0 Å². The molecule has 0 amide bonds. The van der Waals surface area contributed by atoms with Crippen molar-refractivity contribution in [2.75, 3.05) is 0 Å². The second-order valence-electron chi connectivity index (χ2n) is 20.2. The van der Waals surface area contributed by atoms with E-state index in [1.807, 2.05) is 193 Å². The van der Waals surface area contributed by atoms with Gasteiger partial charge < -0.3 is 0 Å². The van der Waals surface area contributed by atoms with Crippen LogP contribution in [0.1, 0.15) is 44.8 Å². The topological polar surface area (TPSA) is 206 Å². The molecule has 16 heteroatoms. The van der Waals surface area contributed by atoms with Gasteiger partial charge in [0.15, 0.2) is 11.3 Å². The lowest BCUT2D eigenvalue weighted by atomic mass is 10.1. The number of para-hydroxylation sites is 4. The second-order valence-corrected chi connectivity index (χ2v) is 20.2. The molecule has 16 aromatic rings. The highest BCUT2D eigenvalue weighted by Gasteiger charge is 2.01. The van der Waals surface area contributed by atoms with E-state index in [0.29, 0.717) is 0 Å². The van der Waals surface area contributed by atoms with Crippen molar-refractivity contribution in [2.45, 2.75) is 55.4 Å². The summed E-state index contributed by atoms with van der Waals surface area (Å²) in [5.74, 6) is 0. The zero-order chi connectivity index (χ0) is 61.5. The number of hydrogen-bond acceptors (Lipinski definition) is 16. The first-order valence-corrected chi connectivity index (χ1v) is 28.3. The van der Waals surface area contributed by atoms with Crippen LogP contribution in [-0.4, -0.2) is 80.2 Å². The molecule has 16 rings (SSSR count). The lowest BCUT2D eigenvalue weighted by Crippen LogP contribution is -1.85. The lowest BCUT2D eigenvalue weighted by Gasteiger charge is -1.97. The molecule has 0 unspecified atom stereocenters. The highest BCUT2D eigenvalue weighted by molar-refractivity contribution is 5.84. The molecule has 0 aliphatic heterocycles. The predicted octanol–water partition coefficient (Wildman–Crippen LogP) is 15.5. The molecule has 0 atom stereocenters. The Hall–Kier alpha value is -11.5. The van der Waals surface area contributed by atoms with Gasteiger partial charge in [-0.15, -0.1) is 0 Å². The van der Waals surface area contributed by atoms with Gasteiger partial charge in [0.25, 0.3) is 0 Å². The molecule has 10 aromatic heterocycles. The van der Waals surface area contributed by atoms with Crippen LogP contribution >= 0.6 is 0 Å². The molecule has 0 fully saturated rings. The van der Waals surface area contributed by atoms with E-state index in [-0.39, 0.29) is 0 Å². The first kappa shape index (κ1) is 61.1. The Morgan fingerprint density at radius 3 is 1.61 bits per heavy atom. The van der Waals surface area contributed by atoms with Crippen LogP contribution in [0.3, 0.4) is 0 Å². The minimum Gasteiger partial charge on any atom is -0.253 e. The SMILES string of the molecule is Cc1cccc2nccnc12.Cc1cccc2ncncc12.Cc1cccc2nnccc12.Cc1ccnc2ncccc12.Cc1cnc2ccccc2n1.Cc1cnc2ncccc2c1.Cc1cnnc2ccccc12.Cc1ncnc2ccccc12. The monoisotopic (exact) mass is 1150 g/mol. The maximum absolute atomic E-state index is 4.31. The van der Waals surface area contributed by atoms with Crippen LogP contribution in [0.15, 0.2) is 244 Å². The number of hydrogen-bond donors (Lipinski definition) is 0. The summed E-state index contributed by atoms with van der Waals surface area (Å²) in [6.07, 6.45) is 20.8. The molecule has 0 saturated heterocycles. The van der Waals surface area contributed by atoms with Crippen LogP contribution in [0.4, 0.5) is 0 Å². The molecule has 0 spiro atoms. The summed E-state index contributed by atoms with van der Waals surface area (Å²) < 4.78 is 0. The molecule has 0 saturated carbocycles. The fourth-order valence-electron chi connectivity index (χ4n) is 8.98. The Balaban J connectivity index is 0.000000120. The van der Waals surface area contributed by atoms with Gasteiger partial charge in [0.2, 0.25) is 0 Å². The van der Waals surface area contributed by atoms with Crippen molar-refractivity contribution in [2.24, 2.45) is 0 Å². The van der Waals surface area contributed by atoms with Crippen LogP contribution in [-0.2, 0) is 0 Å². The number of pyridine rings is 4. The average Bonchev–Trinajstić information content (AvgIpc) is 3.73. The molecule has 0 bridgehead atoms. The number of rotatable bonds is 0. The van der Waals surface area contributed by atoms with Crippen molar-refractivity contribution >= 4 is 87.7 Å². The molecule has 88 heavy (non-hydrogen) atoms. The van der Waals surface area contributed by atoms with Gasteiger partial charge in [-0.05, 0) is 174 Å². The Labute approximate surface area is 510 Å². The quantitative estimate of drug-likeness (QED) is 0.138. The zero-order valence-corrected chi connectivity index (χ0v) is 50.2. The fraction of sp³-hybridized carbons (Fsp3) is 0.111. The van der Waals surface area contributed by atoms with Crippen molar-refractivity contribution in [3.63, 3.8) is 0 Å². The van der Waals surface area contributed by atoms with Crippen molar-refractivity contribution in [3.05, 3.63) is 289 Å². The third-order valence-electron chi connectivity index (χ3n) is 13.6. The predicted molar refractivity (Wildman–Crippen MR) is 354 cm³/mol. The first-order chi connectivity index (χ1) is 43.0.